The molecule has 1 aromatic heterocycles. The van der Waals surface area contributed by atoms with Crippen LogP contribution in [0.25, 0.3) is 11.3 Å². The van der Waals surface area contributed by atoms with E-state index in [1.165, 1.54) is 24.1 Å². The summed E-state index contributed by atoms with van der Waals surface area (Å²) >= 11 is 11.9. The van der Waals surface area contributed by atoms with Gasteiger partial charge >= 0.3 is 0 Å². The second-order valence-corrected chi connectivity index (χ2v) is 6.49. The zero-order valence-corrected chi connectivity index (χ0v) is 15.8. The van der Waals surface area contributed by atoms with Crippen molar-refractivity contribution < 1.29 is 9.53 Å². The molecule has 0 unspecified atom stereocenters. The lowest BCUT2D eigenvalue weighted by molar-refractivity contribution is -0.116. The molecule has 138 valence electrons. The molecular formula is C19H15Cl2N3O3. The lowest BCUT2D eigenvalue weighted by atomic mass is 10.1. The summed E-state index contributed by atoms with van der Waals surface area (Å²) in [6.45, 7) is -0.170. The van der Waals surface area contributed by atoms with E-state index >= 15 is 0 Å². The number of amides is 1. The van der Waals surface area contributed by atoms with Crippen LogP contribution in [0.1, 0.15) is 0 Å². The summed E-state index contributed by atoms with van der Waals surface area (Å²) in [7, 11) is 1.51. The topological polar surface area (TPSA) is 73.2 Å². The number of halogens is 2. The molecule has 0 bridgehead atoms. The fraction of sp³-hybridized carbons (Fsp3) is 0.105. The van der Waals surface area contributed by atoms with Crippen LogP contribution in [-0.2, 0) is 11.3 Å². The van der Waals surface area contributed by atoms with Crippen molar-refractivity contribution in [1.29, 1.82) is 0 Å². The first-order valence-corrected chi connectivity index (χ1v) is 8.67. The highest BCUT2D eigenvalue weighted by Gasteiger charge is 2.09. The first-order valence-electron chi connectivity index (χ1n) is 7.92. The molecule has 0 aliphatic heterocycles. The summed E-state index contributed by atoms with van der Waals surface area (Å²) in [6, 6.07) is 13.2. The van der Waals surface area contributed by atoms with Gasteiger partial charge in [-0.1, -0.05) is 35.3 Å². The second kappa shape index (κ2) is 8.24. The average Bonchev–Trinajstić information content (AvgIpc) is 2.64. The van der Waals surface area contributed by atoms with E-state index in [4.69, 9.17) is 27.9 Å². The third kappa shape index (κ3) is 4.67. The first kappa shape index (κ1) is 18.9. The van der Waals surface area contributed by atoms with Crippen LogP contribution in [0.4, 0.5) is 5.69 Å². The molecule has 0 aliphatic carbocycles. The number of carbonyl (C=O) groups excluding carboxylic acids is 1. The molecule has 3 rings (SSSR count). The third-order valence-electron chi connectivity index (χ3n) is 3.77. The molecule has 27 heavy (non-hydrogen) atoms. The Labute approximate surface area is 165 Å². The highest BCUT2D eigenvalue weighted by Crippen LogP contribution is 2.27. The molecule has 1 amide bonds. The zero-order valence-electron chi connectivity index (χ0n) is 14.3. The van der Waals surface area contributed by atoms with E-state index < -0.39 is 0 Å². The van der Waals surface area contributed by atoms with Crippen LogP contribution in [-0.4, -0.2) is 22.6 Å². The molecule has 2 aromatic carbocycles. The molecule has 1 heterocycles. The number of benzene rings is 2. The van der Waals surface area contributed by atoms with Crippen LogP contribution in [0, 0.1) is 0 Å². The van der Waals surface area contributed by atoms with E-state index in [1.807, 2.05) is 0 Å². The molecular weight excluding hydrogens is 389 g/mol. The molecule has 0 spiro atoms. The van der Waals surface area contributed by atoms with Crippen LogP contribution in [0.15, 0.2) is 59.7 Å². The van der Waals surface area contributed by atoms with Gasteiger partial charge in [0.05, 0.1) is 24.2 Å². The highest BCUT2D eigenvalue weighted by atomic mass is 35.5. The molecule has 0 atom stereocenters. The van der Waals surface area contributed by atoms with E-state index in [0.29, 0.717) is 27.2 Å². The van der Waals surface area contributed by atoms with E-state index in [2.05, 4.69) is 10.3 Å². The number of ether oxygens (including phenoxy) is 1. The van der Waals surface area contributed by atoms with Gasteiger partial charge in [-0.15, -0.1) is 0 Å². The van der Waals surface area contributed by atoms with Crippen LogP contribution < -0.4 is 15.6 Å². The van der Waals surface area contributed by atoms with Gasteiger partial charge in [-0.05, 0) is 30.3 Å². The Morgan fingerprint density at radius 3 is 2.52 bits per heavy atom. The Hall–Kier alpha value is -2.83. The number of nitrogens with zero attached hydrogens (tertiary/aromatic N) is 2. The fourth-order valence-corrected chi connectivity index (χ4v) is 2.81. The predicted octanol–water partition coefficient (Wildman–Crippen LogP) is 3.86. The summed E-state index contributed by atoms with van der Waals surface area (Å²) in [5, 5.41) is 3.66. The number of anilines is 1. The molecule has 6 nitrogen and oxygen atoms in total. The summed E-state index contributed by atoms with van der Waals surface area (Å²) in [4.78, 5) is 28.7. The molecule has 0 saturated carbocycles. The predicted molar refractivity (Wildman–Crippen MR) is 106 cm³/mol. The minimum Gasteiger partial charge on any atom is -0.495 e. The van der Waals surface area contributed by atoms with Crippen LogP contribution in [0.5, 0.6) is 5.75 Å². The lowest BCUT2D eigenvalue weighted by Gasteiger charge is -2.09. The number of nitrogens with one attached hydrogen (secondary N) is 1. The lowest BCUT2D eigenvalue weighted by Crippen LogP contribution is -2.27. The van der Waals surface area contributed by atoms with Crippen LogP contribution in [0.3, 0.4) is 0 Å². The van der Waals surface area contributed by atoms with Gasteiger partial charge in [0.1, 0.15) is 12.3 Å². The van der Waals surface area contributed by atoms with Gasteiger partial charge < -0.3 is 10.1 Å². The fourth-order valence-electron chi connectivity index (χ4n) is 2.42. The Kier molecular flexibility index (Phi) is 5.78. The van der Waals surface area contributed by atoms with Gasteiger partial charge in [0.2, 0.25) is 5.91 Å². The van der Waals surface area contributed by atoms with Crippen molar-refractivity contribution >= 4 is 34.8 Å². The van der Waals surface area contributed by atoms with Gasteiger partial charge in [0.15, 0.2) is 0 Å². The number of hydrogen-bond acceptors (Lipinski definition) is 4. The number of carbonyl (C=O) groups is 1. The van der Waals surface area contributed by atoms with Crippen molar-refractivity contribution in [2.24, 2.45) is 0 Å². The van der Waals surface area contributed by atoms with Crippen molar-refractivity contribution in [3.8, 4) is 17.0 Å². The van der Waals surface area contributed by atoms with Gasteiger partial charge in [0, 0.05) is 22.3 Å². The molecule has 0 radical (unpaired) electrons. The van der Waals surface area contributed by atoms with Crippen molar-refractivity contribution in [1.82, 2.24) is 9.55 Å². The second-order valence-electron chi connectivity index (χ2n) is 5.64. The highest BCUT2D eigenvalue weighted by molar-refractivity contribution is 6.32. The number of hydrogen-bond donors (Lipinski definition) is 1. The summed E-state index contributed by atoms with van der Waals surface area (Å²) in [5.41, 5.74) is 1.44. The van der Waals surface area contributed by atoms with Crippen molar-refractivity contribution in [2.75, 3.05) is 12.4 Å². The van der Waals surface area contributed by atoms with E-state index in [1.54, 1.807) is 42.5 Å². The maximum atomic E-state index is 12.3. The summed E-state index contributed by atoms with van der Waals surface area (Å²) in [5.74, 6) is 0.132. The number of aromatic nitrogens is 2. The molecule has 0 aliphatic rings. The molecule has 3 aromatic rings. The van der Waals surface area contributed by atoms with Gasteiger partial charge in [-0.2, -0.15) is 0 Å². The van der Waals surface area contributed by atoms with Crippen molar-refractivity contribution in [3.63, 3.8) is 0 Å². The SMILES string of the molecule is COc1ccc(NC(=O)Cn2cnc(-c3ccc(Cl)cc3)cc2=O)cc1Cl. The van der Waals surface area contributed by atoms with Gasteiger partial charge in [0.25, 0.3) is 5.56 Å². The Balaban J connectivity index is 1.72. The standard InChI is InChI=1S/C19H15Cl2N3O3/c1-27-17-7-6-14(8-15(17)21)23-18(25)10-24-11-22-16(9-19(24)26)12-2-4-13(20)5-3-12/h2-9,11H,10H2,1H3,(H,23,25). The summed E-state index contributed by atoms with van der Waals surface area (Å²) in [6.07, 6.45) is 1.34. The van der Waals surface area contributed by atoms with E-state index in [0.717, 1.165) is 5.56 Å². The third-order valence-corrected chi connectivity index (χ3v) is 4.32. The molecule has 1 N–H and O–H groups in total. The zero-order chi connectivity index (χ0) is 19.4. The van der Waals surface area contributed by atoms with Crippen molar-refractivity contribution in [3.05, 3.63) is 75.3 Å². The monoisotopic (exact) mass is 403 g/mol. The van der Waals surface area contributed by atoms with E-state index in [9.17, 15) is 9.59 Å². The minimum absolute atomic E-state index is 0.170. The molecule has 8 heteroatoms. The Morgan fingerprint density at radius 2 is 1.89 bits per heavy atom. The maximum Gasteiger partial charge on any atom is 0.254 e. The van der Waals surface area contributed by atoms with Crippen LogP contribution >= 0.6 is 23.2 Å². The Bertz CT molecular complexity index is 1030. The van der Waals surface area contributed by atoms with Crippen molar-refractivity contribution in [2.45, 2.75) is 6.54 Å². The quantitative estimate of drug-likeness (QED) is 0.701. The molecule has 0 fully saturated rings. The van der Waals surface area contributed by atoms with Crippen LogP contribution in [0.2, 0.25) is 10.0 Å². The molecule has 0 saturated heterocycles. The number of methoxy groups -OCH3 is 1. The van der Waals surface area contributed by atoms with Gasteiger partial charge in [-0.25, -0.2) is 4.98 Å². The van der Waals surface area contributed by atoms with Gasteiger partial charge in [-0.3, -0.25) is 14.2 Å². The normalized spacial score (nSPS) is 10.5. The average molecular weight is 404 g/mol. The Morgan fingerprint density at radius 1 is 1.15 bits per heavy atom. The summed E-state index contributed by atoms with van der Waals surface area (Å²) < 4.78 is 6.29. The minimum atomic E-state index is -0.376. The largest absolute Gasteiger partial charge is 0.495 e. The smallest absolute Gasteiger partial charge is 0.254 e. The maximum absolute atomic E-state index is 12.3. The van der Waals surface area contributed by atoms with E-state index in [-0.39, 0.29) is 18.0 Å². The first-order chi connectivity index (χ1) is 13.0. The number of rotatable bonds is 5.